The number of hydrogen-bond acceptors (Lipinski definition) is 3. The van der Waals surface area contributed by atoms with Gasteiger partial charge in [-0.2, -0.15) is 0 Å². The van der Waals surface area contributed by atoms with Gasteiger partial charge in [-0.25, -0.2) is 0 Å². The molecule has 0 amide bonds. The normalized spacial score (nSPS) is 10.7. The molecule has 0 aliphatic carbocycles. The van der Waals surface area contributed by atoms with E-state index in [9.17, 15) is 0 Å². The van der Waals surface area contributed by atoms with Gasteiger partial charge in [0.25, 0.3) is 0 Å². The lowest BCUT2D eigenvalue weighted by Crippen LogP contribution is -2.20. The van der Waals surface area contributed by atoms with Crippen molar-refractivity contribution in [2.45, 2.75) is 33.1 Å². The molecule has 0 bridgehead atoms. The van der Waals surface area contributed by atoms with E-state index >= 15 is 0 Å². The lowest BCUT2D eigenvalue weighted by molar-refractivity contribution is 0.408. The maximum absolute atomic E-state index is 5.46. The minimum absolute atomic E-state index is 1.01. The van der Waals surface area contributed by atoms with Gasteiger partial charge in [0.1, 0.15) is 5.75 Å². The number of benzene rings is 1. The van der Waals surface area contributed by atoms with Crippen LogP contribution in [0.4, 0.5) is 0 Å². The van der Waals surface area contributed by atoms with E-state index in [4.69, 9.17) is 4.74 Å². The molecule has 1 rings (SSSR count). The van der Waals surface area contributed by atoms with Crippen LogP contribution < -0.4 is 15.4 Å². The van der Waals surface area contributed by atoms with Crippen molar-refractivity contribution in [2.24, 2.45) is 0 Å². The first-order valence-electron chi connectivity index (χ1n) is 7.18. The van der Waals surface area contributed by atoms with Crippen LogP contribution in [0, 0.1) is 13.8 Å². The van der Waals surface area contributed by atoms with Crippen molar-refractivity contribution in [3.8, 4) is 5.75 Å². The summed E-state index contributed by atoms with van der Waals surface area (Å²) in [5, 5.41) is 6.66. The van der Waals surface area contributed by atoms with Gasteiger partial charge in [-0.15, -0.1) is 0 Å². The molecule has 108 valence electrons. The van der Waals surface area contributed by atoms with Gasteiger partial charge in [-0.05, 0) is 82.5 Å². The second-order valence-electron chi connectivity index (χ2n) is 5.06. The third-order valence-electron chi connectivity index (χ3n) is 3.50. The molecule has 0 spiro atoms. The fraction of sp³-hybridized carbons (Fsp3) is 0.625. The maximum atomic E-state index is 5.46. The Balaban J connectivity index is 2.34. The molecule has 0 unspecified atom stereocenters. The third kappa shape index (κ3) is 5.62. The van der Waals surface area contributed by atoms with Crippen molar-refractivity contribution in [1.82, 2.24) is 10.6 Å². The van der Waals surface area contributed by atoms with E-state index in [1.165, 1.54) is 29.5 Å². The highest BCUT2D eigenvalue weighted by molar-refractivity contribution is 5.41. The van der Waals surface area contributed by atoms with Gasteiger partial charge in [0.05, 0.1) is 7.11 Å². The summed E-state index contributed by atoms with van der Waals surface area (Å²) in [6, 6.07) is 4.38. The van der Waals surface area contributed by atoms with Gasteiger partial charge >= 0.3 is 0 Å². The minimum Gasteiger partial charge on any atom is -0.496 e. The van der Waals surface area contributed by atoms with Crippen LogP contribution in [0.3, 0.4) is 0 Å². The van der Waals surface area contributed by atoms with Crippen molar-refractivity contribution >= 4 is 0 Å². The molecule has 1 aromatic carbocycles. The van der Waals surface area contributed by atoms with Gasteiger partial charge in [0.15, 0.2) is 0 Å². The zero-order valence-electron chi connectivity index (χ0n) is 12.8. The highest BCUT2D eigenvalue weighted by Gasteiger charge is 2.05. The number of methoxy groups -OCH3 is 1. The summed E-state index contributed by atoms with van der Waals surface area (Å²) < 4.78 is 5.46. The van der Waals surface area contributed by atoms with Crippen LogP contribution in [0.5, 0.6) is 5.75 Å². The first kappa shape index (κ1) is 16.0. The standard InChI is InChI=1S/C16H28N2O/c1-13-11-15(16(19-4)12-14(13)2)7-10-18-9-6-5-8-17-3/h11-12,17-18H,5-10H2,1-4H3. The molecule has 2 N–H and O–H groups in total. The van der Waals surface area contributed by atoms with E-state index < -0.39 is 0 Å². The van der Waals surface area contributed by atoms with Crippen LogP contribution >= 0.6 is 0 Å². The maximum Gasteiger partial charge on any atom is 0.122 e. The second kappa shape index (κ2) is 8.94. The van der Waals surface area contributed by atoms with Gasteiger partial charge < -0.3 is 15.4 Å². The molecule has 3 nitrogen and oxygen atoms in total. The fourth-order valence-corrected chi connectivity index (χ4v) is 2.13. The molecule has 0 fully saturated rings. The van der Waals surface area contributed by atoms with Crippen LogP contribution in [0.1, 0.15) is 29.5 Å². The summed E-state index contributed by atoms with van der Waals surface area (Å²) in [6.07, 6.45) is 3.48. The first-order valence-corrected chi connectivity index (χ1v) is 7.18. The van der Waals surface area contributed by atoms with E-state index in [0.29, 0.717) is 0 Å². The Hall–Kier alpha value is -1.06. The summed E-state index contributed by atoms with van der Waals surface area (Å²) in [5.74, 6) is 1.01. The van der Waals surface area contributed by atoms with Crippen LogP contribution in [0.15, 0.2) is 12.1 Å². The molecular weight excluding hydrogens is 236 g/mol. The average Bonchev–Trinajstić information content (AvgIpc) is 2.41. The van der Waals surface area contributed by atoms with Gasteiger partial charge in [-0.1, -0.05) is 6.07 Å². The molecule has 0 aromatic heterocycles. The highest BCUT2D eigenvalue weighted by Crippen LogP contribution is 2.23. The van der Waals surface area contributed by atoms with E-state index in [1.807, 2.05) is 7.05 Å². The van der Waals surface area contributed by atoms with E-state index in [1.54, 1.807) is 7.11 Å². The lowest BCUT2D eigenvalue weighted by Gasteiger charge is -2.12. The SMILES string of the molecule is CNCCCCNCCc1cc(C)c(C)cc1OC. The van der Waals surface area contributed by atoms with Gasteiger partial charge in [0, 0.05) is 0 Å². The van der Waals surface area contributed by atoms with Crippen molar-refractivity contribution in [2.75, 3.05) is 33.8 Å². The topological polar surface area (TPSA) is 33.3 Å². The molecule has 0 atom stereocenters. The Morgan fingerprint density at radius 1 is 1.00 bits per heavy atom. The summed E-state index contributed by atoms with van der Waals surface area (Å²) in [7, 11) is 3.75. The Bertz CT molecular complexity index is 377. The molecule has 1 aromatic rings. The first-order chi connectivity index (χ1) is 9.19. The van der Waals surface area contributed by atoms with Gasteiger partial charge in [0.2, 0.25) is 0 Å². The van der Waals surface area contributed by atoms with E-state index in [2.05, 4.69) is 36.6 Å². The Kier molecular flexibility index (Phi) is 7.53. The molecule has 0 saturated heterocycles. The summed E-state index contributed by atoms with van der Waals surface area (Å²) in [5.41, 5.74) is 3.93. The lowest BCUT2D eigenvalue weighted by atomic mass is 10.0. The van der Waals surface area contributed by atoms with Crippen LogP contribution in [-0.2, 0) is 6.42 Å². The number of aryl methyl sites for hydroxylation is 2. The molecular formula is C16H28N2O. The van der Waals surface area contributed by atoms with Crippen molar-refractivity contribution in [1.29, 1.82) is 0 Å². The minimum atomic E-state index is 1.01. The largest absolute Gasteiger partial charge is 0.496 e. The fourth-order valence-electron chi connectivity index (χ4n) is 2.13. The van der Waals surface area contributed by atoms with Crippen molar-refractivity contribution in [3.05, 3.63) is 28.8 Å². The van der Waals surface area contributed by atoms with Crippen molar-refractivity contribution in [3.63, 3.8) is 0 Å². The quantitative estimate of drug-likeness (QED) is 0.672. The predicted molar refractivity (Wildman–Crippen MR) is 82.2 cm³/mol. The van der Waals surface area contributed by atoms with Crippen LogP contribution in [0.25, 0.3) is 0 Å². The molecule has 0 aliphatic rings. The second-order valence-corrected chi connectivity index (χ2v) is 5.06. The number of unbranched alkanes of at least 4 members (excludes halogenated alkanes) is 1. The Labute approximate surface area is 117 Å². The third-order valence-corrected chi connectivity index (χ3v) is 3.50. The number of ether oxygens (including phenoxy) is 1. The summed E-state index contributed by atoms with van der Waals surface area (Å²) >= 11 is 0. The molecule has 0 heterocycles. The molecule has 0 radical (unpaired) electrons. The van der Waals surface area contributed by atoms with E-state index in [-0.39, 0.29) is 0 Å². The molecule has 3 heteroatoms. The Morgan fingerprint density at radius 2 is 1.68 bits per heavy atom. The summed E-state index contributed by atoms with van der Waals surface area (Å²) in [6.45, 7) is 7.49. The average molecular weight is 264 g/mol. The van der Waals surface area contributed by atoms with E-state index in [0.717, 1.165) is 31.8 Å². The smallest absolute Gasteiger partial charge is 0.122 e. The predicted octanol–water partition coefficient (Wildman–Crippen LogP) is 2.44. The monoisotopic (exact) mass is 264 g/mol. The number of hydrogen-bond donors (Lipinski definition) is 2. The molecule has 19 heavy (non-hydrogen) atoms. The van der Waals surface area contributed by atoms with Gasteiger partial charge in [-0.3, -0.25) is 0 Å². The summed E-state index contributed by atoms with van der Waals surface area (Å²) in [4.78, 5) is 0. The number of nitrogens with one attached hydrogen (secondary N) is 2. The highest BCUT2D eigenvalue weighted by atomic mass is 16.5. The Morgan fingerprint density at radius 3 is 2.37 bits per heavy atom. The molecule has 0 saturated carbocycles. The zero-order chi connectivity index (χ0) is 14.1. The number of rotatable bonds is 9. The van der Waals surface area contributed by atoms with Crippen LogP contribution in [0.2, 0.25) is 0 Å². The zero-order valence-corrected chi connectivity index (χ0v) is 12.8. The van der Waals surface area contributed by atoms with Crippen LogP contribution in [-0.4, -0.2) is 33.8 Å². The molecule has 0 aliphatic heterocycles. The van der Waals surface area contributed by atoms with Crippen molar-refractivity contribution < 1.29 is 4.74 Å².